The summed E-state index contributed by atoms with van der Waals surface area (Å²) < 4.78 is 5.32. The predicted octanol–water partition coefficient (Wildman–Crippen LogP) is 2.89. The standard InChI is InChI=1S/C17H19N3O2S/c1-12-9-15(13(2)23-12)16(21)4-3-14-10-18-17(19-11-14)20-5-7-22-8-6-20/h3-4,9-11H,5-8H2,1-2H3/b4-3-. The average molecular weight is 329 g/mol. The summed E-state index contributed by atoms with van der Waals surface area (Å²) in [5.74, 6) is 0.727. The fraction of sp³-hybridized carbons (Fsp3) is 0.353. The van der Waals surface area contributed by atoms with Gasteiger partial charge in [-0.1, -0.05) is 0 Å². The highest BCUT2D eigenvalue weighted by Crippen LogP contribution is 2.21. The molecule has 1 fully saturated rings. The van der Waals surface area contributed by atoms with Gasteiger partial charge in [-0.2, -0.15) is 0 Å². The van der Waals surface area contributed by atoms with Crippen molar-refractivity contribution in [3.05, 3.63) is 45.4 Å². The lowest BCUT2D eigenvalue weighted by atomic mass is 10.1. The van der Waals surface area contributed by atoms with Crippen LogP contribution in [-0.4, -0.2) is 42.1 Å². The Morgan fingerprint density at radius 2 is 1.96 bits per heavy atom. The lowest BCUT2D eigenvalue weighted by Gasteiger charge is -2.26. The molecular formula is C17H19N3O2S. The van der Waals surface area contributed by atoms with Gasteiger partial charge in [0.05, 0.1) is 13.2 Å². The number of carbonyl (C=O) groups excluding carboxylic acids is 1. The zero-order valence-corrected chi connectivity index (χ0v) is 14.1. The van der Waals surface area contributed by atoms with Gasteiger partial charge in [-0.15, -0.1) is 11.3 Å². The van der Waals surface area contributed by atoms with E-state index in [9.17, 15) is 4.79 Å². The normalized spacial score (nSPS) is 15.3. The quantitative estimate of drug-likeness (QED) is 0.638. The predicted molar refractivity (Wildman–Crippen MR) is 92.2 cm³/mol. The summed E-state index contributed by atoms with van der Waals surface area (Å²) in [6.45, 7) is 7.02. The van der Waals surface area contributed by atoms with Gasteiger partial charge in [0.15, 0.2) is 5.78 Å². The van der Waals surface area contributed by atoms with Gasteiger partial charge in [-0.25, -0.2) is 9.97 Å². The topological polar surface area (TPSA) is 55.3 Å². The monoisotopic (exact) mass is 329 g/mol. The second-order valence-electron chi connectivity index (χ2n) is 5.44. The molecule has 120 valence electrons. The summed E-state index contributed by atoms with van der Waals surface area (Å²) >= 11 is 1.64. The molecule has 1 saturated heterocycles. The summed E-state index contributed by atoms with van der Waals surface area (Å²) in [4.78, 5) is 25.3. The number of aromatic nitrogens is 2. The zero-order valence-electron chi connectivity index (χ0n) is 13.3. The molecule has 0 radical (unpaired) electrons. The van der Waals surface area contributed by atoms with Gasteiger partial charge in [-0.3, -0.25) is 4.79 Å². The third kappa shape index (κ3) is 3.83. The summed E-state index contributed by atoms with van der Waals surface area (Å²) in [5.41, 5.74) is 1.59. The van der Waals surface area contributed by atoms with Gasteiger partial charge in [0.1, 0.15) is 0 Å². The first kappa shape index (κ1) is 15.8. The molecule has 0 bridgehead atoms. The van der Waals surface area contributed by atoms with Gasteiger partial charge in [-0.05, 0) is 32.1 Å². The van der Waals surface area contributed by atoms with Crippen LogP contribution < -0.4 is 4.90 Å². The molecule has 2 aromatic rings. The van der Waals surface area contributed by atoms with Crippen LogP contribution in [0.15, 0.2) is 24.5 Å². The Kier molecular flexibility index (Phi) is 4.83. The fourth-order valence-corrected chi connectivity index (χ4v) is 3.41. The minimum absolute atomic E-state index is 0.0177. The summed E-state index contributed by atoms with van der Waals surface area (Å²) in [7, 11) is 0. The molecular weight excluding hydrogens is 310 g/mol. The van der Waals surface area contributed by atoms with E-state index in [1.54, 1.807) is 35.9 Å². The van der Waals surface area contributed by atoms with Crippen LogP contribution >= 0.6 is 11.3 Å². The first-order valence-corrected chi connectivity index (χ1v) is 8.39. The van der Waals surface area contributed by atoms with Crippen molar-refractivity contribution in [1.82, 2.24) is 9.97 Å². The number of nitrogens with zero attached hydrogens (tertiary/aromatic N) is 3. The molecule has 0 aliphatic carbocycles. The van der Waals surface area contributed by atoms with Crippen LogP contribution in [-0.2, 0) is 4.74 Å². The molecule has 3 rings (SSSR count). The van der Waals surface area contributed by atoms with Gasteiger partial charge in [0, 0.05) is 46.4 Å². The van der Waals surface area contributed by atoms with Crippen molar-refractivity contribution in [3.8, 4) is 0 Å². The minimum Gasteiger partial charge on any atom is -0.378 e. The Hall–Kier alpha value is -2.05. The van der Waals surface area contributed by atoms with Gasteiger partial charge in [0.25, 0.3) is 0 Å². The zero-order chi connectivity index (χ0) is 16.2. The van der Waals surface area contributed by atoms with Gasteiger partial charge in [0.2, 0.25) is 5.95 Å². The number of thiophene rings is 1. The number of morpholine rings is 1. The number of hydrogen-bond acceptors (Lipinski definition) is 6. The minimum atomic E-state index is 0.0177. The molecule has 1 aliphatic rings. The van der Waals surface area contributed by atoms with E-state index in [4.69, 9.17) is 4.74 Å². The second kappa shape index (κ2) is 7.02. The molecule has 1 aliphatic heterocycles. The Morgan fingerprint density at radius 3 is 2.57 bits per heavy atom. The van der Waals surface area contributed by atoms with Crippen LogP contribution in [0.4, 0.5) is 5.95 Å². The number of anilines is 1. The van der Waals surface area contributed by atoms with E-state index < -0.39 is 0 Å². The first-order chi connectivity index (χ1) is 11.1. The Morgan fingerprint density at radius 1 is 1.26 bits per heavy atom. The van der Waals surface area contributed by atoms with Gasteiger partial charge < -0.3 is 9.64 Å². The molecule has 23 heavy (non-hydrogen) atoms. The van der Waals surface area contributed by atoms with Crippen LogP contribution in [0.25, 0.3) is 6.08 Å². The summed E-state index contributed by atoms with van der Waals surface area (Å²) in [6.07, 6.45) is 6.83. The molecule has 0 amide bonds. The summed E-state index contributed by atoms with van der Waals surface area (Å²) in [6, 6.07) is 1.94. The van der Waals surface area contributed by atoms with Crippen molar-refractivity contribution in [1.29, 1.82) is 0 Å². The lowest BCUT2D eigenvalue weighted by Crippen LogP contribution is -2.37. The van der Waals surface area contributed by atoms with Crippen molar-refractivity contribution in [2.45, 2.75) is 13.8 Å². The van der Waals surface area contributed by atoms with Crippen LogP contribution in [0.2, 0.25) is 0 Å². The smallest absolute Gasteiger partial charge is 0.225 e. The number of allylic oxidation sites excluding steroid dienone is 1. The first-order valence-electron chi connectivity index (χ1n) is 7.57. The number of carbonyl (C=O) groups is 1. The van der Waals surface area contributed by atoms with E-state index >= 15 is 0 Å². The molecule has 0 N–H and O–H groups in total. The van der Waals surface area contributed by atoms with E-state index in [2.05, 4.69) is 14.9 Å². The van der Waals surface area contributed by atoms with E-state index in [0.717, 1.165) is 34.0 Å². The number of ether oxygens (including phenoxy) is 1. The number of ketones is 1. The molecule has 0 atom stereocenters. The molecule has 3 heterocycles. The molecule has 0 saturated carbocycles. The van der Waals surface area contributed by atoms with Crippen LogP contribution in [0.5, 0.6) is 0 Å². The Balaban J connectivity index is 1.67. The maximum Gasteiger partial charge on any atom is 0.225 e. The SMILES string of the molecule is Cc1cc(C(=O)/C=C\c2cnc(N3CCOCC3)nc2)c(C)s1. The maximum absolute atomic E-state index is 12.2. The average Bonchev–Trinajstić information content (AvgIpc) is 2.92. The molecule has 0 spiro atoms. The largest absolute Gasteiger partial charge is 0.378 e. The molecule has 5 nitrogen and oxygen atoms in total. The highest BCUT2D eigenvalue weighted by molar-refractivity contribution is 7.12. The van der Waals surface area contributed by atoms with E-state index in [0.29, 0.717) is 19.2 Å². The van der Waals surface area contributed by atoms with Crippen LogP contribution in [0, 0.1) is 13.8 Å². The van der Waals surface area contributed by atoms with Crippen molar-refractivity contribution in [2.75, 3.05) is 31.2 Å². The van der Waals surface area contributed by atoms with E-state index in [-0.39, 0.29) is 5.78 Å². The molecule has 2 aromatic heterocycles. The molecule has 0 aromatic carbocycles. The highest BCUT2D eigenvalue weighted by atomic mass is 32.1. The summed E-state index contributed by atoms with van der Waals surface area (Å²) in [5, 5.41) is 0. The second-order valence-corrected chi connectivity index (χ2v) is 6.90. The number of rotatable bonds is 4. The van der Waals surface area contributed by atoms with Crippen molar-refractivity contribution >= 4 is 29.1 Å². The van der Waals surface area contributed by atoms with Crippen molar-refractivity contribution in [3.63, 3.8) is 0 Å². The fourth-order valence-electron chi connectivity index (χ4n) is 2.48. The van der Waals surface area contributed by atoms with Crippen molar-refractivity contribution < 1.29 is 9.53 Å². The van der Waals surface area contributed by atoms with Crippen LogP contribution in [0.1, 0.15) is 25.7 Å². The maximum atomic E-state index is 12.2. The van der Waals surface area contributed by atoms with E-state index in [1.165, 1.54) is 0 Å². The van der Waals surface area contributed by atoms with Crippen LogP contribution in [0.3, 0.4) is 0 Å². The molecule has 6 heteroatoms. The lowest BCUT2D eigenvalue weighted by molar-refractivity contribution is 0.104. The molecule has 0 unspecified atom stereocenters. The Labute approximate surface area is 139 Å². The van der Waals surface area contributed by atoms with E-state index in [1.807, 2.05) is 19.9 Å². The number of hydrogen-bond donors (Lipinski definition) is 0. The highest BCUT2D eigenvalue weighted by Gasteiger charge is 2.13. The third-order valence-corrected chi connectivity index (χ3v) is 4.65. The Bertz CT molecular complexity index is 716. The third-order valence-electron chi connectivity index (χ3n) is 3.69. The number of aryl methyl sites for hydroxylation is 2. The van der Waals surface area contributed by atoms with Gasteiger partial charge >= 0.3 is 0 Å². The van der Waals surface area contributed by atoms with Crippen molar-refractivity contribution in [2.24, 2.45) is 0 Å².